The van der Waals surface area contributed by atoms with Gasteiger partial charge in [0.25, 0.3) is 5.91 Å². The molecular weight excluding hydrogens is 200 g/mol. The highest BCUT2D eigenvalue weighted by molar-refractivity contribution is 6.18. The molecule has 1 amide bonds. The van der Waals surface area contributed by atoms with Crippen molar-refractivity contribution in [2.45, 2.75) is 0 Å². The molecule has 0 fully saturated rings. The largest absolute Gasteiger partial charge is 0.378 e. The van der Waals surface area contributed by atoms with Gasteiger partial charge in [0.05, 0.1) is 0 Å². The number of nitrogens with zero attached hydrogens (tertiary/aromatic N) is 2. The SMILES string of the molecule is C=C(C(=O)N(C)C)c1ccc(N(C)C)cc1. The van der Waals surface area contributed by atoms with E-state index in [1.165, 1.54) is 4.90 Å². The maximum absolute atomic E-state index is 11.7. The van der Waals surface area contributed by atoms with Gasteiger partial charge in [-0.25, -0.2) is 0 Å². The predicted octanol–water partition coefficient (Wildman–Crippen LogP) is 1.85. The highest BCUT2D eigenvalue weighted by Crippen LogP contribution is 2.18. The van der Waals surface area contributed by atoms with Gasteiger partial charge in [-0.05, 0) is 17.7 Å². The second-order valence-electron chi connectivity index (χ2n) is 4.12. The van der Waals surface area contributed by atoms with E-state index in [1.54, 1.807) is 14.1 Å². The van der Waals surface area contributed by atoms with Crippen molar-refractivity contribution in [3.63, 3.8) is 0 Å². The van der Waals surface area contributed by atoms with E-state index in [1.807, 2.05) is 43.3 Å². The Labute approximate surface area is 97.0 Å². The number of carbonyl (C=O) groups is 1. The molecule has 1 rings (SSSR count). The number of carbonyl (C=O) groups excluding carboxylic acids is 1. The summed E-state index contributed by atoms with van der Waals surface area (Å²) in [6.07, 6.45) is 0. The normalized spacial score (nSPS) is 9.75. The zero-order valence-electron chi connectivity index (χ0n) is 10.3. The van der Waals surface area contributed by atoms with Crippen molar-refractivity contribution in [2.75, 3.05) is 33.1 Å². The zero-order valence-corrected chi connectivity index (χ0v) is 10.3. The minimum atomic E-state index is -0.0578. The molecule has 1 aromatic carbocycles. The van der Waals surface area contributed by atoms with Crippen LogP contribution in [0.3, 0.4) is 0 Å². The smallest absolute Gasteiger partial charge is 0.253 e. The Balaban J connectivity index is 2.90. The predicted molar refractivity (Wildman–Crippen MR) is 68.5 cm³/mol. The van der Waals surface area contributed by atoms with Crippen molar-refractivity contribution in [3.8, 4) is 0 Å². The standard InChI is InChI=1S/C13H18N2O/c1-10(13(16)15(4)5)11-6-8-12(9-7-11)14(2)3/h6-9H,1H2,2-5H3. The van der Waals surface area contributed by atoms with Gasteiger partial charge in [0.2, 0.25) is 0 Å². The molecule has 0 aliphatic rings. The van der Waals surface area contributed by atoms with Crippen molar-refractivity contribution >= 4 is 17.2 Å². The summed E-state index contributed by atoms with van der Waals surface area (Å²) in [7, 11) is 7.41. The first kappa shape index (κ1) is 12.3. The van der Waals surface area contributed by atoms with E-state index in [4.69, 9.17) is 0 Å². The van der Waals surface area contributed by atoms with Gasteiger partial charge in [-0.15, -0.1) is 0 Å². The topological polar surface area (TPSA) is 23.6 Å². The molecular formula is C13H18N2O. The van der Waals surface area contributed by atoms with E-state index in [-0.39, 0.29) is 5.91 Å². The zero-order chi connectivity index (χ0) is 12.3. The fraction of sp³-hybridized carbons (Fsp3) is 0.308. The summed E-state index contributed by atoms with van der Waals surface area (Å²) in [5, 5.41) is 0. The van der Waals surface area contributed by atoms with Crippen molar-refractivity contribution in [1.29, 1.82) is 0 Å². The molecule has 0 atom stereocenters. The van der Waals surface area contributed by atoms with Crippen LogP contribution in [0.25, 0.3) is 5.57 Å². The van der Waals surface area contributed by atoms with E-state index in [0.29, 0.717) is 5.57 Å². The van der Waals surface area contributed by atoms with Crippen LogP contribution in [0.15, 0.2) is 30.8 Å². The lowest BCUT2D eigenvalue weighted by atomic mass is 10.1. The van der Waals surface area contributed by atoms with Gasteiger partial charge in [-0.1, -0.05) is 18.7 Å². The monoisotopic (exact) mass is 218 g/mol. The average Bonchev–Trinajstić information content (AvgIpc) is 2.27. The molecule has 0 aliphatic heterocycles. The summed E-state index contributed by atoms with van der Waals surface area (Å²) in [4.78, 5) is 15.2. The van der Waals surface area contributed by atoms with Crippen molar-refractivity contribution in [2.24, 2.45) is 0 Å². The number of anilines is 1. The van der Waals surface area contributed by atoms with E-state index in [2.05, 4.69) is 6.58 Å². The Kier molecular flexibility index (Phi) is 3.72. The summed E-state index contributed by atoms with van der Waals surface area (Å²) in [6, 6.07) is 7.78. The molecule has 0 saturated carbocycles. The number of amides is 1. The third kappa shape index (κ3) is 2.63. The molecule has 0 aliphatic carbocycles. The minimum Gasteiger partial charge on any atom is -0.378 e. The Morgan fingerprint density at radius 1 is 1.06 bits per heavy atom. The molecule has 0 bridgehead atoms. The van der Waals surface area contributed by atoms with Crippen LogP contribution in [0.2, 0.25) is 0 Å². The van der Waals surface area contributed by atoms with Crippen LogP contribution in [0.5, 0.6) is 0 Å². The van der Waals surface area contributed by atoms with E-state index >= 15 is 0 Å². The Morgan fingerprint density at radius 2 is 1.56 bits per heavy atom. The second-order valence-corrected chi connectivity index (χ2v) is 4.12. The van der Waals surface area contributed by atoms with Gasteiger partial charge in [-0.3, -0.25) is 4.79 Å². The molecule has 86 valence electrons. The van der Waals surface area contributed by atoms with Crippen molar-refractivity contribution in [3.05, 3.63) is 36.4 Å². The van der Waals surface area contributed by atoms with Gasteiger partial charge in [0, 0.05) is 39.5 Å². The third-order valence-electron chi connectivity index (χ3n) is 2.40. The third-order valence-corrected chi connectivity index (χ3v) is 2.40. The Hall–Kier alpha value is -1.77. The quantitative estimate of drug-likeness (QED) is 0.723. The molecule has 1 aromatic rings. The van der Waals surface area contributed by atoms with E-state index < -0.39 is 0 Å². The first-order valence-corrected chi connectivity index (χ1v) is 5.12. The summed E-state index contributed by atoms with van der Waals surface area (Å²) < 4.78 is 0. The number of rotatable bonds is 3. The molecule has 0 aromatic heterocycles. The molecule has 3 heteroatoms. The number of hydrogen-bond donors (Lipinski definition) is 0. The highest BCUT2D eigenvalue weighted by Gasteiger charge is 2.11. The first-order valence-electron chi connectivity index (χ1n) is 5.12. The Morgan fingerprint density at radius 3 is 1.94 bits per heavy atom. The second kappa shape index (κ2) is 4.84. The molecule has 0 N–H and O–H groups in total. The highest BCUT2D eigenvalue weighted by atomic mass is 16.2. The maximum Gasteiger partial charge on any atom is 0.253 e. The molecule has 0 unspecified atom stereocenters. The minimum absolute atomic E-state index is 0.0578. The maximum atomic E-state index is 11.7. The molecule has 0 saturated heterocycles. The van der Waals surface area contributed by atoms with Crippen LogP contribution < -0.4 is 4.90 Å². The molecule has 0 radical (unpaired) electrons. The molecule has 3 nitrogen and oxygen atoms in total. The number of likely N-dealkylation sites (N-methyl/N-ethyl adjacent to an activating group) is 1. The summed E-state index contributed by atoms with van der Waals surface area (Å²) >= 11 is 0. The van der Waals surface area contributed by atoms with E-state index in [0.717, 1.165) is 11.3 Å². The molecule has 16 heavy (non-hydrogen) atoms. The van der Waals surface area contributed by atoms with Gasteiger partial charge in [-0.2, -0.15) is 0 Å². The first-order chi connectivity index (χ1) is 7.43. The van der Waals surface area contributed by atoms with Crippen LogP contribution in [0.1, 0.15) is 5.56 Å². The fourth-order valence-corrected chi connectivity index (χ4v) is 1.35. The van der Waals surface area contributed by atoms with Gasteiger partial charge < -0.3 is 9.80 Å². The molecule has 0 heterocycles. The van der Waals surface area contributed by atoms with Gasteiger partial charge >= 0.3 is 0 Å². The van der Waals surface area contributed by atoms with Crippen LogP contribution in [-0.2, 0) is 4.79 Å². The van der Waals surface area contributed by atoms with Crippen molar-refractivity contribution in [1.82, 2.24) is 4.90 Å². The number of benzene rings is 1. The lowest BCUT2D eigenvalue weighted by Crippen LogP contribution is -2.22. The van der Waals surface area contributed by atoms with Crippen LogP contribution >= 0.6 is 0 Å². The lowest BCUT2D eigenvalue weighted by molar-refractivity contribution is -0.122. The van der Waals surface area contributed by atoms with Crippen LogP contribution in [0.4, 0.5) is 5.69 Å². The van der Waals surface area contributed by atoms with E-state index in [9.17, 15) is 4.79 Å². The van der Waals surface area contributed by atoms with Crippen molar-refractivity contribution < 1.29 is 4.79 Å². The van der Waals surface area contributed by atoms with Gasteiger partial charge in [0.15, 0.2) is 0 Å². The fourth-order valence-electron chi connectivity index (χ4n) is 1.35. The summed E-state index contributed by atoms with van der Waals surface area (Å²) in [5.41, 5.74) is 2.49. The van der Waals surface area contributed by atoms with Gasteiger partial charge in [0.1, 0.15) is 0 Å². The summed E-state index contributed by atoms with van der Waals surface area (Å²) in [5.74, 6) is -0.0578. The Bertz CT molecular complexity index is 391. The lowest BCUT2D eigenvalue weighted by Gasteiger charge is -2.15. The average molecular weight is 218 g/mol. The number of hydrogen-bond acceptors (Lipinski definition) is 2. The van der Waals surface area contributed by atoms with Crippen LogP contribution in [0, 0.1) is 0 Å². The molecule has 0 spiro atoms. The summed E-state index contributed by atoms with van der Waals surface area (Å²) in [6.45, 7) is 3.82. The van der Waals surface area contributed by atoms with Crippen LogP contribution in [-0.4, -0.2) is 39.0 Å².